The van der Waals surface area contributed by atoms with Crippen LogP contribution in [-0.2, 0) is 4.79 Å². The molecular formula is C19H28FIN4O. The minimum atomic E-state index is -0.131. The molecule has 144 valence electrons. The number of rotatable bonds is 7. The highest BCUT2D eigenvalue weighted by Gasteiger charge is 2.40. The number of amides is 1. The molecule has 1 heterocycles. The average Bonchev–Trinajstić information content (AvgIpc) is 3.24. The van der Waals surface area contributed by atoms with Crippen molar-refractivity contribution in [2.24, 2.45) is 4.99 Å². The van der Waals surface area contributed by atoms with Gasteiger partial charge in [-0.25, -0.2) is 4.39 Å². The van der Waals surface area contributed by atoms with Gasteiger partial charge in [0.15, 0.2) is 5.96 Å². The van der Waals surface area contributed by atoms with E-state index < -0.39 is 0 Å². The molecule has 2 aliphatic rings. The summed E-state index contributed by atoms with van der Waals surface area (Å²) in [5, 5.41) is 6.64. The Morgan fingerprint density at radius 2 is 2.19 bits per heavy atom. The van der Waals surface area contributed by atoms with Gasteiger partial charge in [0.2, 0.25) is 5.91 Å². The number of aliphatic imine (C=N–C) groups is 1. The van der Waals surface area contributed by atoms with Crippen molar-refractivity contribution in [3.8, 4) is 0 Å². The van der Waals surface area contributed by atoms with E-state index in [4.69, 9.17) is 0 Å². The topological polar surface area (TPSA) is 56.7 Å². The molecule has 1 amide bonds. The van der Waals surface area contributed by atoms with E-state index >= 15 is 0 Å². The maximum absolute atomic E-state index is 13.9. The van der Waals surface area contributed by atoms with Gasteiger partial charge in [0.05, 0.1) is 0 Å². The largest absolute Gasteiger partial charge is 0.357 e. The molecule has 1 aliphatic carbocycles. The molecule has 0 spiro atoms. The van der Waals surface area contributed by atoms with E-state index in [0.29, 0.717) is 13.0 Å². The third kappa shape index (κ3) is 5.56. The zero-order valence-corrected chi connectivity index (χ0v) is 17.5. The Morgan fingerprint density at radius 1 is 1.38 bits per heavy atom. The first-order chi connectivity index (χ1) is 12.2. The Balaban J connectivity index is 0.00000243. The van der Waals surface area contributed by atoms with Crippen molar-refractivity contribution < 1.29 is 9.18 Å². The van der Waals surface area contributed by atoms with Crippen LogP contribution >= 0.6 is 24.0 Å². The van der Waals surface area contributed by atoms with Crippen molar-refractivity contribution in [2.75, 3.05) is 26.2 Å². The van der Waals surface area contributed by atoms with Gasteiger partial charge in [0.1, 0.15) is 5.82 Å². The third-order valence-corrected chi connectivity index (χ3v) is 4.79. The number of carbonyl (C=O) groups excluding carboxylic acids is 1. The maximum Gasteiger partial charge on any atom is 0.222 e. The first kappa shape index (κ1) is 20.9. The highest BCUT2D eigenvalue weighted by Crippen LogP contribution is 2.41. The Labute approximate surface area is 171 Å². The van der Waals surface area contributed by atoms with Crippen molar-refractivity contribution >= 4 is 35.8 Å². The monoisotopic (exact) mass is 474 g/mol. The predicted octanol–water partition coefficient (Wildman–Crippen LogP) is 2.87. The first-order valence-corrected chi connectivity index (χ1v) is 9.26. The fourth-order valence-corrected chi connectivity index (χ4v) is 3.36. The molecule has 1 aromatic carbocycles. The Morgan fingerprint density at radius 3 is 2.88 bits per heavy atom. The van der Waals surface area contributed by atoms with Gasteiger partial charge in [-0.3, -0.25) is 9.79 Å². The lowest BCUT2D eigenvalue weighted by Crippen LogP contribution is -2.39. The van der Waals surface area contributed by atoms with Gasteiger partial charge in [-0.05, 0) is 37.8 Å². The lowest BCUT2D eigenvalue weighted by Gasteiger charge is -2.15. The Hall–Kier alpha value is -1.38. The van der Waals surface area contributed by atoms with Crippen LogP contribution in [0.2, 0.25) is 0 Å². The minimum Gasteiger partial charge on any atom is -0.357 e. The molecule has 5 nitrogen and oxygen atoms in total. The molecule has 2 atom stereocenters. The molecule has 7 heteroatoms. The molecular weight excluding hydrogens is 446 g/mol. The van der Waals surface area contributed by atoms with Crippen molar-refractivity contribution in [1.82, 2.24) is 15.5 Å². The lowest BCUT2D eigenvalue weighted by molar-refractivity contribution is -0.127. The molecule has 2 fully saturated rings. The average molecular weight is 474 g/mol. The van der Waals surface area contributed by atoms with E-state index in [1.807, 2.05) is 24.0 Å². The summed E-state index contributed by atoms with van der Waals surface area (Å²) in [6.45, 7) is 5.15. The molecule has 3 rings (SSSR count). The van der Waals surface area contributed by atoms with Crippen LogP contribution in [0.15, 0.2) is 29.3 Å². The quantitative estimate of drug-likeness (QED) is 0.277. The SMILES string of the molecule is CCNC(=NCCCN1CCCC1=O)NC1CC1c1ccccc1F.I. The van der Waals surface area contributed by atoms with Crippen LogP contribution in [-0.4, -0.2) is 49.0 Å². The van der Waals surface area contributed by atoms with Gasteiger partial charge in [-0.15, -0.1) is 24.0 Å². The summed E-state index contributed by atoms with van der Waals surface area (Å²) >= 11 is 0. The van der Waals surface area contributed by atoms with E-state index in [9.17, 15) is 9.18 Å². The van der Waals surface area contributed by atoms with E-state index in [1.54, 1.807) is 6.07 Å². The second kappa shape index (κ2) is 10.1. The highest BCUT2D eigenvalue weighted by atomic mass is 127. The van der Waals surface area contributed by atoms with Gasteiger partial charge in [-0.1, -0.05) is 18.2 Å². The van der Waals surface area contributed by atoms with Crippen LogP contribution in [0.5, 0.6) is 0 Å². The van der Waals surface area contributed by atoms with Crippen molar-refractivity contribution in [3.63, 3.8) is 0 Å². The molecule has 1 aliphatic heterocycles. The van der Waals surface area contributed by atoms with E-state index in [1.165, 1.54) is 6.07 Å². The number of nitrogens with one attached hydrogen (secondary N) is 2. The molecule has 2 unspecified atom stereocenters. The van der Waals surface area contributed by atoms with Gasteiger partial charge >= 0.3 is 0 Å². The second-order valence-electron chi connectivity index (χ2n) is 6.71. The first-order valence-electron chi connectivity index (χ1n) is 9.26. The molecule has 1 saturated carbocycles. The minimum absolute atomic E-state index is 0. The van der Waals surface area contributed by atoms with Crippen LogP contribution in [0.25, 0.3) is 0 Å². The predicted molar refractivity (Wildman–Crippen MR) is 113 cm³/mol. The number of likely N-dealkylation sites (tertiary alicyclic amines) is 1. The second-order valence-corrected chi connectivity index (χ2v) is 6.71. The lowest BCUT2D eigenvalue weighted by atomic mass is 10.1. The zero-order valence-electron chi connectivity index (χ0n) is 15.2. The summed E-state index contributed by atoms with van der Waals surface area (Å²) in [5.41, 5.74) is 0.781. The van der Waals surface area contributed by atoms with Crippen molar-refractivity contribution in [1.29, 1.82) is 0 Å². The summed E-state index contributed by atoms with van der Waals surface area (Å²) in [6.07, 6.45) is 3.45. The zero-order chi connectivity index (χ0) is 17.6. The van der Waals surface area contributed by atoms with Crippen LogP contribution in [0.1, 0.15) is 44.1 Å². The van der Waals surface area contributed by atoms with Gasteiger partial charge in [0, 0.05) is 44.6 Å². The van der Waals surface area contributed by atoms with E-state index in [2.05, 4.69) is 15.6 Å². The van der Waals surface area contributed by atoms with E-state index in [-0.39, 0.29) is 47.7 Å². The highest BCUT2D eigenvalue weighted by molar-refractivity contribution is 14.0. The van der Waals surface area contributed by atoms with E-state index in [0.717, 1.165) is 50.4 Å². The van der Waals surface area contributed by atoms with Crippen LogP contribution < -0.4 is 10.6 Å². The number of nitrogens with zero attached hydrogens (tertiary/aromatic N) is 2. The van der Waals surface area contributed by atoms with Crippen molar-refractivity contribution in [3.05, 3.63) is 35.6 Å². The molecule has 0 aromatic heterocycles. The number of carbonyl (C=O) groups is 1. The van der Waals surface area contributed by atoms with Gasteiger partial charge in [-0.2, -0.15) is 0 Å². The fraction of sp³-hybridized carbons (Fsp3) is 0.579. The number of benzene rings is 1. The summed E-state index contributed by atoms with van der Waals surface area (Å²) in [6, 6.07) is 7.21. The Bertz CT molecular complexity index is 640. The van der Waals surface area contributed by atoms with Crippen LogP contribution in [0.3, 0.4) is 0 Å². The van der Waals surface area contributed by atoms with Gasteiger partial charge in [0.25, 0.3) is 0 Å². The normalized spacial score (nSPS) is 22.2. The maximum atomic E-state index is 13.9. The summed E-state index contributed by atoms with van der Waals surface area (Å²) in [5.74, 6) is 1.13. The summed E-state index contributed by atoms with van der Waals surface area (Å²) < 4.78 is 13.9. The smallest absolute Gasteiger partial charge is 0.222 e. The number of hydrogen-bond acceptors (Lipinski definition) is 2. The number of hydrogen-bond donors (Lipinski definition) is 2. The number of guanidine groups is 1. The van der Waals surface area contributed by atoms with Crippen LogP contribution in [0, 0.1) is 5.82 Å². The molecule has 1 saturated heterocycles. The molecule has 1 aromatic rings. The molecule has 2 N–H and O–H groups in total. The Kier molecular flexibility index (Phi) is 8.12. The van der Waals surface area contributed by atoms with Crippen LogP contribution in [0.4, 0.5) is 4.39 Å². The van der Waals surface area contributed by atoms with Gasteiger partial charge < -0.3 is 15.5 Å². The number of halogens is 2. The van der Waals surface area contributed by atoms with Crippen molar-refractivity contribution in [2.45, 2.75) is 44.6 Å². The summed E-state index contributed by atoms with van der Waals surface area (Å²) in [4.78, 5) is 18.1. The standard InChI is InChI=1S/C19H27FN4O.HI/c1-2-21-19(22-10-6-12-24-11-5-9-18(24)25)23-17-13-15(17)14-7-3-4-8-16(14)20;/h3-4,7-8,15,17H,2,5-6,9-13H2,1H3,(H2,21,22,23);1H. The third-order valence-electron chi connectivity index (χ3n) is 4.79. The molecule has 0 radical (unpaired) electrons. The fourth-order valence-electron chi connectivity index (χ4n) is 3.36. The molecule has 0 bridgehead atoms. The summed E-state index contributed by atoms with van der Waals surface area (Å²) in [7, 11) is 0. The molecule has 26 heavy (non-hydrogen) atoms.